The quantitative estimate of drug-likeness (QED) is 0.874. The fraction of sp³-hybridized carbons (Fsp3) is 0.526. The van der Waals surface area contributed by atoms with Crippen molar-refractivity contribution in [2.45, 2.75) is 51.2 Å². The first kappa shape index (κ1) is 17.5. The zero-order valence-corrected chi connectivity index (χ0v) is 15.0. The van der Waals surface area contributed by atoms with Gasteiger partial charge in [0.15, 0.2) is 0 Å². The van der Waals surface area contributed by atoms with E-state index in [1.54, 1.807) is 23.8 Å². The highest BCUT2D eigenvalue weighted by Crippen LogP contribution is 2.39. The van der Waals surface area contributed by atoms with Crippen molar-refractivity contribution >= 4 is 17.7 Å². The number of nitrogens with zero attached hydrogens (tertiary/aromatic N) is 2. The summed E-state index contributed by atoms with van der Waals surface area (Å²) in [6.07, 6.45) is 1.92. The minimum atomic E-state index is -0.874. The number of fused-ring (bicyclic) bond motifs is 1. The number of likely N-dealkylation sites (tertiary alicyclic amines) is 1. The predicted molar refractivity (Wildman–Crippen MR) is 93.6 cm³/mol. The maximum absolute atomic E-state index is 13.4. The highest BCUT2D eigenvalue weighted by molar-refractivity contribution is 5.95. The van der Waals surface area contributed by atoms with Gasteiger partial charge in [0.2, 0.25) is 17.7 Å². The molecule has 2 heterocycles. The van der Waals surface area contributed by atoms with Crippen molar-refractivity contribution in [1.29, 1.82) is 0 Å². The third-order valence-corrected chi connectivity index (χ3v) is 5.57. The van der Waals surface area contributed by atoms with Gasteiger partial charge in [-0.1, -0.05) is 24.3 Å². The average molecular weight is 343 g/mol. The number of benzene rings is 1. The molecule has 1 fully saturated rings. The van der Waals surface area contributed by atoms with Gasteiger partial charge in [-0.15, -0.1) is 0 Å². The molecule has 6 nitrogen and oxygen atoms in total. The number of hydrogen-bond acceptors (Lipinski definition) is 3. The van der Waals surface area contributed by atoms with Gasteiger partial charge in [-0.2, -0.15) is 0 Å². The number of amides is 3. The zero-order chi connectivity index (χ0) is 18.2. The van der Waals surface area contributed by atoms with Crippen molar-refractivity contribution in [1.82, 2.24) is 15.1 Å². The topological polar surface area (TPSA) is 69.7 Å². The molecule has 0 radical (unpaired) electrons. The van der Waals surface area contributed by atoms with E-state index in [9.17, 15) is 14.4 Å². The number of carbonyl (C=O) groups is 3. The molecule has 0 aliphatic carbocycles. The van der Waals surface area contributed by atoms with Crippen LogP contribution in [0.1, 0.15) is 37.8 Å². The number of carbonyl (C=O) groups excluding carboxylic acids is 3. The lowest BCUT2D eigenvalue weighted by Gasteiger charge is -2.51. The van der Waals surface area contributed by atoms with Crippen LogP contribution in [-0.2, 0) is 27.3 Å². The molecule has 2 aliphatic rings. The fourth-order valence-corrected chi connectivity index (χ4v) is 4.18. The molecule has 1 spiro atoms. The average Bonchev–Trinajstić information content (AvgIpc) is 2.62. The van der Waals surface area contributed by atoms with Crippen molar-refractivity contribution in [2.24, 2.45) is 0 Å². The Hall–Kier alpha value is -2.37. The van der Waals surface area contributed by atoms with Crippen molar-refractivity contribution in [3.63, 3.8) is 0 Å². The summed E-state index contributed by atoms with van der Waals surface area (Å²) in [5, 5.41) is 2.61. The molecule has 134 valence electrons. The maximum atomic E-state index is 13.4. The van der Waals surface area contributed by atoms with Crippen LogP contribution in [0.25, 0.3) is 0 Å². The maximum Gasteiger partial charge on any atom is 0.249 e. The van der Waals surface area contributed by atoms with E-state index in [1.807, 2.05) is 24.3 Å². The van der Waals surface area contributed by atoms with Gasteiger partial charge in [0.25, 0.3) is 0 Å². The molecule has 2 aliphatic heterocycles. The Morgan fingerprint density at radius 2 is 1.92 bits per heavy atom. The van der Waals surface area contributed by atoms with Gasteiger partial charge in [0, 0.05) is 33.5 Å². The molecule has 2 atom stereocenters. The number of rotatable bonds is 2. The standard InChI is InChI=1S/C19H25N3O3/c1-13(17(24)20-3)21-10-6-9-19(18(21)25)11-15-7-4-5-8-16(15)12-22(19)14(2)23/h4-5,7-8,13H,6,9-12H2,1-3H3,(H,20,24)/t13-,19+/m0/s1. The normalized spacial score (nSPS) is 24.0. The van der Waals surface area contributed by atoms with Crippen LogP contribution < -0.4 is 5.32 Å². The van der Waals surface area contributed by atoms with E-state index < -0.39 is 11.6 Å². The van der Waals surface area contributed by atoms with Crippen LogP contribution in [0.5, 0.6) is 0 Å². The van der Waals surface area contributed by atoms with Crippen LogP contribution in [0.2, 0.25) is 0 Å². The smallest absolute Gasteiger partial charge is 0.249 e. The van der Waals surface area contributed by atoms with Crippen LogP contribution in [0, 0.1) is 0 Å². The minimum absolute atomic E-state index is 0.0997. The fourth-order valence-electron chi connectivity index (χ4n) is 4.18. The van der Waals surface area contributed by atoms with E-state index >= 15 is 0 Å². The van der Waals surface area contributed by atoms with E-state index in [1.165, 1.54) is 6.92 Å². The second-order valence-electron chi connectivity index (χ2n) is 6.97. The lowest BCUT2D eigenvalue weighted by Crippen LogP contribution is -2.68. The number of nitrogens with one attached hydrogen (secondary N) is 1. The van der Waals surface area contributed by atoms with Gasteiger partial charge < -0.3 is 15.1 Å². The number of piperidine rings is 1. The molecule has 1 N–H and O–H groups in total. The molecular formula is C19H25N3O3. The van der Waals surface area contributed by atoms with Gasteiger partial charge in [-0.05, 0) is 30.9 Å². The lowest BCUT2D eigenvalue weighted by molar-refractivity contribution is -0.162. The van der Waals surface area contributed by atoms with E-state index in [0.29, 0.717) is 25.9 Å². The van der Waals surface area contributed by atoms with E-state index in [-0.39, 0.29) is 17.7 Å². The summed E-state index contributed by atoms with van der Waals surface area (Å²) in [6.45, 7) is 4.25. The Morgan fingerprint density at radius 1 is 1.24 bits per heavy atom. The van der Waals surface area contributed by atoms with Gasteiger partial charge in [-0.25, -0.2) is 0 Å². The third-order valence-electron chi connectivity index (χ3n) is 5.57. The zero-order valence-electron chi connectivity index (χ0n) is 15.0. The third kappa shape index (κ3) is 2.79. The minimum Gasteiger partial charge on any atom is -0.357 e. The highest BCUT2D eigenvalue weighted by atomic mass is 16.2. The summed E-state index contributed by atoms with van der Waals surface area (Å²) < 4.78 is 0. The van der Waals surface area contributed by atoms with E-state index in [2.05, 4.69) is 5.32 Å². The Labute approximate surface area is 148 Å². The molecular weight excluding hydrogens is 318 g/mol. The molecule has 25 heavy (non-hydrogen) atoms. The Morgan fingerprint density at radius 3 is 2.56 bits per heavy atom. The summed E-state index contributed by atoms with van der Waals surface area (Å²) in [6, 6.07) is 7.42. The largest absolute Gasteiger partial charge is 0.357 e. The van der Waals surface area contributed by atoms with Gasteiger partial charge in [0.05, 0.1) is 0 Å². The van der Waals surface area contributed by atoms with E-state index in [0.717, 1.165) is 17.5 Å². The molecule has 0 bridgehead atoms. The number of hydrogen-bond donors (Lipinski definition) is 1. The molecule has 1 saturated heterocycles. The second-order valence-corrected chi connectivity index (χ2v) is 6.97. The molecule has 1 aromatic rings. The molecule has 3 amide bonds. The second kappa shape index (κ2) is 6.50. The predicted octanol–water partition coefficient (Wildman–Crippen LogP) is 1.09. The van der Waals surface area contributed by atoms with Crippen LogP contribution in [-0.4, -0.2) is 52.7 Å². The SMILES string of the molecule is CNC(=O)[C@H](C)N1CCC[C@@]2(Cc3ccccc3CN2C(C)=O)C1=O. The van der Waals surface area contributed by atoms with Crippen molar-refractivity contribution in [2.75, 3.05) is 13.6 Å². The Balaban J connectivity index is 2.01. The summed E-state index contributed by atoms with van der Waals surface area (Å²) in [7, 11) is 1.57. The first-order chi connectivity index (χ1) is 11.9. The Bertz CT molecular complexity index is 718. The van der Waals surface area contributed by atoms with Crippen molar-refractivity contribution < 1.29 is 14.4 Å². The first-order valence-electron chi connectivity index (χ1n) is 8.78. The lowest BCUT2D eigenvalue weighted by atomic mass is 9.76. The van der Waals surface area contributed by atoms with Crippen LogP contribution in [0.3, 0.4) is 0 Å². The van der Waals surface area contributed by atoms with Crippen LogP contribution in [0.15, 0.2) is 24.3 Å². The molecule has 0 saturated carbocycles. The summed E-state index contributed by atoms with van der Waals surface area (Å²) in [5.74, 6) is -0.396. The monoisotopic (exact) mass is 343 g/mol. The Kier molecular flexibility index (Phi) is 4.54. The molecule has 1 aromatic carbocycles. The van der Waals surface area contributed by atoms with E-state index in [4.69, 9.17) is 0 Å². The summed E-state index contributed by atoms with van der Waals surface area (Å²) >= 11 is 0. The summed E-state index contributed by atoms with van der Waals surface area (Å²) in [4.78, 5) is 41.2. The van der Waals surface area contributed by atoms with Crippen molar-refractivity contribution in [3.05, 3.63) is 35.4 Å². The van der Waals surface area contributed by atoms with Crippen LogP contribution >= 0.6 is 0 Å². The molecule has 0 aromatic heterocycles. The molecule has 0 unspecified atom stereocenters. The molecule has 6 heteroatoms. The number of likely N-dealkylation sites (N-methyl/N-ethyl adjacent to an activating group) is 1. The first-order valence-corrected chi connectivity index (χ1v) is 8.78. The van der Waals surface area contributed by atoms with Gasteiger partial charge in [-0.3, -0.25) is 14.4 Å². The van der Waals surface area contributed by atoms with Crippen molar-refractivity contribution in [3.8, 4) is 0 Å². The van der Waals surface area contributed by atoms with Gasteiger partial charge in [0.1, 0.15) is 11.6 Å². The molecule has 3 rings (SSSR count). The summed E-state index contributed by atoms with van der Waals surface area (Å²) in [5.41, 5.74) is 1.33. The van der Waals surface area contributed by atoms with Crippen LogP contribution in [0.4, 0.5) is 0 Å². The highest BCUT2D eigenvalue weighted by Gasteiger charge is 2.52. The van der Waals surface area contributed by atoms with Gasteiger partial charge >= 0.3 is 0 Å².